The topological polar surface area (TPSA) is 75.6 Å². The lowest BCUT2D eigenvalue weighted by Gasteiger charge is -2.13. The van der Waals surface area contributed by atoms with Gasteiger partial charge in [-0.05, 0) is 52.3 Å². The summed E-state index contributed by atoms with van der Waals surface area (Å²) < 4.78 is 1.82. The molecule has 2 N–H and O–H groups in total. The number of amides is 1. The van der Waals surface area contributed by atoms with Crippen molar-refractivity contribution in [3.05, 3.63) is 44.5 Å². The maximum Gasteiger partial charge on any atom is 0.269 e. The molecule has 1 atom stereocenters. The number of nitrogens with zero attached hydrogens (tertiary/aromatic N) is 3. The molecule has 7 heteroatoms. The van der Waals surface area contributed by atoms with Crippen LogP contribution in [0.25, 0.3) is 11.3 Å². The van der Waals surface area contributed by atoms with E-state index in [1.54, 1.807) is 17.4 Å². The molecule has 3 heterocycles. The largest absolute Gasteiger partial charge is 0.344 e. The van der Waals surface area contributed by atoms with Gasteiger partial charge in [-0.1, -0.05) is 0 Å². The zero-order chi connectivity index (χ0) is 18.3. The van der Waals surface area contributed by atoms with Crippen LogP contribution in [-0.4, -0.2) is 25.9 Å². The Morgan fingerprint density at radius 2 is 2.00 bits per heavy atom. The third kappa shape index (κ3) is 3.24. The van der Waals surface area contributed by atoms with Crippen molar-refractivity contribution in [1.29, 1.82) is 0 Å². The van der Waals surface area contributed by atoms with Crippen molar-refractivity contribution in [3.63, 3.8) is 0 Å². The lowest BCUT2D eigenvalue weighted by atomic mass is 10.1. The number of carbonyl (C=O) groups excluding carboxylic acids is 1. The van der Waals surface area contributed by atoms with E-state index in [0.717, 1.165) is 28.2 Å². The molecule has 0 fully saturated rings. The molecule has 3 aromatic heterocycles. The molecule has 0 aliphatic heterocycles. The molecule has 1 unspecified atom stereocenters. The monoisotopic (exact) mass is 357 g/mol. The molecule has 0 aliphatic rings. The van der Waals surface area contributed by atoms with Gasteiger partial charge in [-0.15, -0.1) is 11.3 Å². The molecule has 0 aliphatic carbocycles. The van der Waals surface area contributed by atoms with E-state index >= 15 is 0 Å². The molecular formula is C18H23N5OS. The van der Waals surface area contributed by atoms with Gasteiger partial charge in [0.05, 0.1) is 17.4 Å². The lowest BCUT2D eigenvalue weighted by molar-refractivity contribution is 0.0935. The van der Waals surface area contributed by atoms with Crippen molar-refractivity contribution in [2.45, 2.75) is 40.7 Å². The fourth-order valence-electron chi connectivity index (χ4n) is 3.14. The first kappa shape index (κ1) is 17.4. The van der Waals surface area contributed by atoms with E-state index in [9.17, 15) is 4.79 Å². The smallest absolute Gasteiger partial charge is 0.269 e. The van der Waals surface area contributed by atoms with Gasteiger partial charge < -0.3 is 5.32 Å². The second-order valence-corrected chi connectivity index (χ2v) is 7.86. The van der Waals surface area contributed by atoms with Gasteiger partial charge in [-0.3, -0.25) is 14.6 Å². The molecule has 3 aromatic rings. The molecular weight excluding hydrogens is 334 g/mol. The summed E-state index contributed by atoms with van der Waals surface area (Å²) in [6.07, 6.45) is 0. The van der Waals surface area contributed by atoms with Crippen molar-refractivity contribution < 1.29 is 4.79 Å². The Labute approximate surface area is 151 Å². The predicted octanol–water partition coefficient (Wildman–Crippen LogP) is 3.60. The second-order valence-electron chi connectivity index (χ2n) is 6.40. The van der Waals surface area contributed by atoms with Crippen molar-refractivity contribution in [2.24, 2.45) is 7.05 Å². The van der Waals surface area contributed by atoms with Crippen LogP contribution in [0.1, 0.15) is 50.2 Å². The minimum Gasteiger partial charge on any atom is -0.344 e. The maximum absolute atomic E-state index is 12.6. The summed E-state index contributed by atoms with van der Waals surface area (Å²) in [5, 5.41) is 14.6. The quantitative estimate of drug-likeness (QED) is 0.749. The van der Waals surface area contributed by atoms with Crippen LogP contribution >= 0.6 is 11.3 Å². The molecule has 6 nitrogen and oxygen atoms in total. The normalized spacial score (nSPS) is 12.4. The van der Waals surface area contributed by atoms with Gasteiger partial charge >= 0.3 is 0 Å². The van der Waals surface area contributed by atoms with E-state index in [-0.39, 0.29) is 11.9 Å². The van der Waals surface area contributed by atoms with Gasteiger partial charge in [-0.2, -0.15) is 10.2 Å². The highest BCUT2D eigenvalue weighted by Gasteiger charge is 2.19. The number of aromatic nitrogens is 4. The summed E-state index contributed by atoms with van der Waals surface area (Å²) in [7, 11) is 1.90. The molecule has 0 saturated carbocycles. The Morgan fingerprint density at radius 1 is 1.28 bits per heavy atom. The second kappa shape index (κ2) is 6.48. The van der Waals surface area contributed by atoms with Crippen molar-refractivity contribution in [3.8, 4) is 11.3 Å². The lowest BCUT2D eigenvalue weighted by Crippen LogP contribution is -2.27. The van der Waals surface area contributed by atoms with E-state index in [1.165, 1.54) is 9.75 Å². The Morgan fingerprint density at radius 3 is 2.56 bits per heavy atom. The maximum atomic E-state index is 12.6. The highest BCUT2D eigenvalue weighted by atomic mass is 32.1. The Balaban J connectivity index is 1.80. The highest BCUT2D eigenvalue weighted by Crippen LogP contribution is 2.27. The molecule has 3 rings (SSSR count). The molecule has 25 heavy (non-hydrogen) atoms. The van der Waals surface area contributed by atoms with Crippen molar-refractivity contribution >= 4 is 17.2 Å². The number of aromatic amines is 1. The first-order valence-electron chi connectivity index (χ1n) is 8.21. The number of H-pyrrole nitrogens is 1. The summed E-state index contributed by atoms with van der Waals surface area (Å²) in [6.45, 7) is 10.1. The van der Waals surface area contributed by atoms with Crippen molar-refractivity contribution in [2.75, 3.05) is 0 Å². The zero-order valence-corrected chi connectivity index (χ0v) is 16.2. The molecule has 0 spiro atoms. The summed E-state index contributed by atoms with van der Waals surface area (Å²) in [4.78, 5) is 15.0. The van der Waals surface area contributed by atoms with Gasteiger partial charge in [0.2, 0.25) is 0 Å². The van der Waals surface area contributed by atoms with Crippen LogP contribution in [0.5, 0.6) is 0 Å². The van der Waals surface area contributed by atoms with E-state index < -0.39 is 0 Å². The van der Waals surface area contributed by atoms with E-state index in [1.807, 2.05) is 32.5 Å². The first-order valence-corrected chi connectivity index (χ1v) is 9.03. The average Bonchev–Trinajstić information content (AvgIpc) is 3.19. The summed E-state index contributed by atoms with van der Waals surface area (Å²) in [5.41, 5.74) is 5.24. The summed E-state index contributed by atoms with van der Waals surface area (Å²) >= 11 is 1.75. The fraction of sp³-hybridized carbons (Fsp3) is 0.389. The molecule has 0 aromatic carbocycles. The number of nitrogens with one attached hydrogen (secondary N) is 2. The SMILES string of the molecule is Cc1cc(C(C)NC(=O)c2cc(-c3c(C)nn(C)c3C)n[nH]2)c(C)s1. The molecule has 0 saturated heterocycles. The molecule has 0 radical (unpaired) electrons. The fourth-order valence-corrected chi connectivity index (χ4v) is 4.17. The van der Waals surface area contributed by atoms with Crippen LogP contribution in [0.3, 0.4) is 0 Å². The minimum absolute atomic E-state index is 0.0499. The van der Waals surface area contributed by atoms with Gasteiger partial charge in [0.25, 0.3) is 5.91 Å². The summed E-state index contributed by atoms with van der Waals surface area (Å²) in [6, 6.07) is 3.86. The third-order valence-electron chi connectivity index (χ3n) is 4.48. The van der Waals surface area contributed by atoms with Gasteiger partial charge in [0.1, 0.15) is 5.69 Å². The Hall–Kier alpha value is -2.41. The van der Waals surface area contributed by atoms with Gasteiger partial charge in [0, 0.05) is 28.1 Å². The van der Waals surface area contributed by atoms with E-state index in [0.29, 0.717) is 5.69 Å². The highest BCUT2D eigenvalue weighted by molar-refractivity contribution is 7.12. The minimum atomic E-state index is -0.159. The zero-order valence-electron chi connectivity index (χ0n) is 15.4. The van der Waals surface area contributed by atoms with E-state index in [4.69, 9.17) is 0 Å². The van der Waals surface area contributed by atoms with Crippen LogP contribution in [0.2, 0.25) is 0 Å². The van der Waals surface area contributed by atoms with Crippen LogP contribution in [0.4, 0.5) is 0 Å². The third-order valence-corrected chi connectivity index (χ3v) is 5.46. The number of hydrogen-bond donors (Lipinski definition) is 2. The van der Waals surface area contributed by atoms with Gasteiger partial charge in [-0.25, -0.2) is 0 Å². The van der Waals surface area contributed by atoms with E-state index in [2.05, 4.69) is 40.5 Å². The van der Waals surface area contributed by atoms with Crippen LogP contribution in [0, 0.1) is 27.7 Å². The number of carbonyl (C=O) groups is 1. The predicted molar refractivity (Wildman–Crippen MR) is 99.9 cm³/mol. The van der Waals surface area contributed by atoms with Crippen LogP contribution in [-0.2, 0) is 7.05 Å². The standard InChI is InChI=1S/C18H23N5OS/c1-9-7-14(13(5)25-9)10(2)19-18(24)16-8-15(20-21-16)17-11(3)22-23(6)12(17)4/h7-8,10H,1-6H3,(H,19,24)(H,20,21). The van der Waals surface area contributed by atoms with Crippen LogP contribution in [0.15, 0.2) is 12.1 Å². The number of aryl methyl sites for hydroxylation is 4. The summed E-state index contributed by atoms with van der Waals surface area (Å²) in [5.74, 6) is -0.159. The molecule has 0 bridgehead atoms. The average molecular weight is 357 g/mol. The Bertz CT molecular complexity index is 934. The van der Waals surface area contributed by atoms with Crippen molar-refractivity contribution in [1.82, 2.24) is 25.3 Å². The first-order chi connectivity index (χ1) is 11.8. The molecule has 132 valence electrons. The Kier molecular flexibility index (Phi) is 4.51. The van der Waals surface area contributed by atoms with Gasteiger partial charge in [0.15, 0.2) is 0 Å². The number of thiophene rings is 1. The van der Waals surface area contributed by atoms with Crippen LogP contribution < -0.4 is 5.32 Å². The number of hydrogen-bond acceptors (Lipinski definition) is 4. The molecule has 1 amide bonds. The number of rotatable bonds is 4.